The molecule has 2 atom stereocenters. The summed E-state index contributed by atoms with van der Waals surface area (Å²) < 4.78 is 0. The minimum absolute atomic E-state index is 0.161. The predicted molar refractivity (Wildman–Crippen MR) is 47.8 cm³/mol. The molecule has 0 radical (unpaired) electrons. The standard InChI is InChI=1S/C10H18O2/c1-2-10(12)9-6-4-3-5-8(9)7-11/h8-9,11H,2-7H2,1H3/t8-,9-/m0/s1. The number of Topliss-reactive ketones (excluding diaryl/α,β-unsaturated/α-hetero) is 1. The first kappa shape index (κ1) is 9.72. The number of hydrogen-bond donors (Lipinski definition) is 1. The van der Waals surface area contributed by atoms with Crippen molar-refractivity contribution < 1.29 is 9.90 Å². The molecule has 1 saturated carbocycles. The SMILES string of the molecule is CCC(=O)[C@H]1CCCC[C@H]1CO. The van der Waals surface area contributed by atoms with Gasteiger partial charge in [-0.15, -0.1) is 0 Å². The lowest BCUT2D eigenvalue weighted by Gasteiger charge is -2.28. The molecule has 1 rings (SSSR count). The lowest BCUT2D eigenvalue weighted by Crippen LogP contribution is -2.29. The van der Waals surface area contributed by atoms with Crippen LogP contribution in [0.1, 0.15) is 39.0 Å². The number of carbonyl (C=O) groups excluding carboxylic acids is 1. The fraction of sp³-hybridized carbons (Fsp3) is 0.900. The highest BCUT2D eigenvalue weighted by Crippen LogP contribution is 2.30. The van der Waals surface area contributed by atoms with E-state index in [1.807, 2.05) is 6.92 Å². The molecule has 1 aliphatic carbocycles. The maximum absolute atomic E-state index is 11.4. The Bertz CT molecular complexity index is 154. The van der Waals surface area contributed by atoms with Crippen molar-refractivity contribution >= 4 is 5.78 Å². The Balaban J connectivity index is 2.52. The molecule has 0 bridgehead atoms. The molecular formula is C10H18O2. The Kier molecular flexibility index (Phi) is 3.73. The summed E-state index contributed by atoms with van der Waals surface area (Å²) >= 11 is 0. The molecule has 2 heteroatoms. The highest BCUT2D eigenvalue weighted by atomic mass is 16.3. The molecule has 1 fully saturated rings. The van der Waals surface area contributed by atoms with Crippen molar-refractivity contribution in [3.05, 3.63) is 0 Å². The van der Waals surface area contributed by atoms with Gasteiger partial charge in [-0.05, 0) is 18.8 Å². The monoisotopic (exact) mass is 170 g/mol. The maximum Gasteiger partial charge on any atom is 0.136 e. The number of aliphatic hydroxyl groups excluding tert-OH is 1. The normalized spacial score (nSPS) is 30.2. The van der Waals surface area contributed by atoms with Crippen LogP contribution in [0.2, 0.25) is 0 Å². The Hall–Kier alpha value is -0.370. The topological polar surface area (TPSA) is 37.3 Å². The Morgan fingerprint density at radius 1 is 1.42 bits per heavy atom. The van der Waals surface area contributed by atoms with Crippen LogP contribution >= 0.6 is 0 Å². The third-order valence-corrected chi connectivity index (χ3v) is 2.91. The molecule has 1 N–H and O–H groups in total. The predicted octanol–water partition coefficient (Wildman–Crippen LogP) is 1.76. The van der Waals surface area contributed by atoms with Gasteiger partial charge in [0.15, 0.2) is 0 Å². The molecule has 2 nitrogen and oxygen atoms in total. The zero-order valence-corrected chi connectivity index (χ0v) is 7.75. The van der Waals surface area contributed by atoms with Crippen LogP contribution in [0.5, 0.6) is 0 Å². The van der Waals surface area contributed by atoms with Crippen LogP contribution in [0.3, 0.4) is 0 Å². The van der Waals surface area contributed by atoms with E-state index < -0.39 is 0 Å². The molecule has 70 valence electrons. The van der Waals surface area contributed by atoms with Gasteiger partial charge in [0.05, 0.1) is 0 Å². The number of rotatable bonds is 3. The molecule has 0 heterocycles. The lowest BCUT2D eigenvalue weighted by molar-refractivity contribution is -0.126. The minimum atomic E-state index is 0.161. The number of aliphatic hydroxyl groups is 1. The van der Waals surface area contributed by atoms with E-state index in [0.29, 0.717) is 12.2 Å². The van der Waals surface area contributed by atoms with Crippen molar-refractivity contribution in [2.45, 2.75) is 39.0 Å². The van der Waals surface area contributed by atoms with Gasteiger partial charge in [-0.25, -0.2) is 0 Å². The maximum atomic E-state index is 11.4. The summed E-state index contributed by atoms with van der Waals surface area (Å²) in [6.07, 6.45) is 5.00. The first-order valence-electron chi connectivity index (χ1n) is 4.93. The van der Waals surface area contributed by atoms with Crippen molar-refractivity contribution in [3.8, 4) is 0 Å². The largest absolute Gasteiger partial charge is 0.396 e. The van der Waals surface area contributed by atoms with E-state index in [2.05, 4.69) is 0 Å². The fourth-order valence-electron chi connectivity index (χ4n) is 2.11. The van der Waals surface area contributed by atoms with Crippen molar-refractivity contribution in [1.82, 2.24) is 0 Å². The number of carbonyl (C=O) groups is 1. The quantitative estimate of drug-likeness (QED) is 0.700. The van der Waals surface area contributed by atoms with E-state index in [1.54, 1.807) is 0 Å². The number of ketones is 1. The van der Waals surface area contributed by atoms with Gasteiger partial charge in [-0.2, -0.15) is 0 Å². The van der Waals surface area contributed by atoms with Crippen molar-refractivity contribution in [3.63, 3.8) is 0 Å². The van der Waals surface area contributed by atoms with E-state index in [0.717, 1.165) is 19.3 Å². The van der Waals surface area contributed by atoms with E-state index in [4.69, 9.17) is 5.11 Å². The molecule has 0 aromatic carbocycles. The Labute approximate surface area is 74.0 Å². The zero-order chi connectivity index (χ0) is 8.97. The molecule has 1 aliphatic rings. The Morgan fingerprint density at radius 3 is 2.67 bits per heavy atom. The first-order chi connectivity index (χ1) is 5.79. The highest BCUT2D eigenvalue weighted by Gasteiger charge is 2.28. The smallest absolute Gasteiger partial charge is 0.136 e. The van der Waals surface area contributed by atoms with Crippen LogP contribution in [0, 0.1) is 11.8 Å². The zero-order valence-electron chi connectivity index (χ0n) is 7.75. The van der Waals surface area contributed by atoms with Gasteiger partial charge in [0.25, 0.3) is 0 Å². The molecule has 0 saturated heterocycles. The summed E-state index contributed by atoms with van der Waals surface area (Å²) in [6, 6.07) is 0. The van der Waals surface area contributed by atoms with Crippen LogP contribution < -0.4 is 0 Å². The van der Waals surface area contributed by atoms with Crippen LogP contribution in [-0.4, -0.2) is 17.5 Å². The molecule has 0 amide bonds. The minimum Gasteiger partial charge on any atom is -0.396 e. The van der Waals surface area contributed by atoms with E-state index in [9.17, 15) is 4.79 Å². The molecule has 0 unspecified atom stereocenters. The highest BCUT2D eigenvalue weighted by molar-refractivity contribution is 5.81. The summed E-state index contributed by atoms with van der Waals surface area (Å²) in [6.45, 7) is 2.10. The van der Waals surface area contributed by atoms with Gasteiger partial charge in [0, 0.05) is 18.9 Å². The van der Waals surface area contributed by atoms with Gasteiger partial charge in [-0.3, -0.25) is 4.79 Å². The van der Waals surface area contributed by atoms with Gasteiger partial charge in [0.2, 0.25) is 0 Å². The second-order valence-electron chi connectivity index (χ2n) is 3.65. The average Bonchev–Trinajstić information content (AvgIpc) is 2.16. The van der Waals surface area contributed by atoms with Crippen molar-refractivity contribution in [1.29, 1.82) is 0 Å². The second-order valence-corrected chi connectivity index (χ2v) is 3.65. The van der Waals surface area contributed by atoms with Crippen molar-refractivity contribution in [2.24, 2.45) is 11.8 Å². The summed E-state index contributed by atoms with van der Waals surface area (Å²) in [7, 11) is 0. The first-order valence-corrected chi connectivity index (χ1v) is 4.93. The Morgan fingerprint density at radius 2 is 2.08 bits per heavy atom. The summed E-state index contributed by atoms with van der Waals surface area (Å²) in [5.41, 5.74) is 0. The molecule has 0 spiro atoms. The molecule has 0 aromatic rings. The molecular weight excluding hydrogens is 152 g/mol. The van der Waals surface area contributed by atoms with E-state index in [-0.39, 0.29) is 18.4 Å². The summed E-state index contributed by atoms with van der Waals surface area (Å²) in [5.74, 6) is 0.758. The third-order valence-electron chi connectivity index (χ3n) is 2.91. The van der Waals surface area contributed by atoms with Crippen LogP contribution in [0.15, 0.2) is 0 Å². The average molecular weight is 170 g/mol. The van der Waals surface area contributed by atoms with Gasteiger partial charge < -0.3 is 5.11 Å². The fourth-order valence-corrected chi connectivity index (χ4v) is 2.11. The van der Waals surface area contributed by atoms with Gasteiger partial charge >= 0.3 is 0 Å². The van der Waals surface area contributed by atoms with Gasteiger partial charge in [-0.1, -0.05) is 19.8 Å². The summed E-state index contributed by atoms with van der Waals surface area (Å²) in [4.78, 5) is 11.4. The van der Waals surface area contributed by atoms with E-state index >= 15 is 0 Å². The van der Waals surface area contributed by atoms with Crippen molar-refractivity contribution in [2.75, 3.05) is 6.61 Å². The molecule has 12 heavy (non-hydrogen) atoms. The number of hydrogen-bond acceptors (Lipinski definition) is 2. The van der Waals surface area contributed by atoms with Crippen LogP contribution in [0.4, 0.5) is 0 Å². The van der Waals surface area contributed by atoms with Crippen LogP contribution in [-0.2, 0) is 4.79 Å². The lowest BCUT2D eigenvalue weighted by atomic mass is 9.77. The van der Waals surface area contributed by atoms with Crippen LogP contribution in [0.25, 0.3) is 0 Å². The third kappa shape index (κ3) is 2.07. The van der Waals surface area contributed by atoms with Gasteiger partial charge in [0.1, 0.15) is 5.78 Å². The second kappa shape index (κ2) is 4.61. The summed E-state index contributed by atoms with van der Waals surface area (Å²) in [5, 5.41) is 9.05. The molecule has 0 aromatic heterocycles. The van der Waals surface area contributed by atoms with E-state index in [1.165, 1.54) is 6.42 Å². The molecule has 0 aliphatic heterocycles.